The van der Waals surface area contributed by atoms with Crippen LogP contribution in [-0.2, 0) is 4.79 Å². The number of nitrogens with one attached hydrogen (secondary N) is 1. The second-order valence-electron chi connectivity index (χ2n) is 5.48. The summed E-state index contributed by atoms with van der Waals surface area (Å²) >= 11 is 0. The number of rotatable bonds is 5. The van der Waals surface area contributed by atoms with Gasteiger partial charge in [-0.15, -0.1) is 0 Å². The maximum Gasteiger partial charge on any atom is 0.277 e. The van der Waals surface area contributed by atoms with E-state index in [4.69, 9.17) is 10.00 Å². The van der Waals surface area contributed by atoms with E-state index in [0.717, 1.165) is 16.7 Å². The van der Waals surface area contributed by atoms with E-state index in [-0.39, 0.29) is 12.5 Å². The van der Waals surface area contributed by atoms with E-state index in [1.54, 1.807) is 31.2 Å². The highest BCUT2D eigenvalue weighted by atomic mass is 16.5. The minimum atomic E-state index is -0.330. The molecule has 5 nitrogen and oxygen atoms in total. The van der Waals surface area contributed by atoms with E-state index in [1.165, 1.54) is 0 Å². The summed E-state index contributed by atoms with van der Waals surface area (Å²) in [6.07, 6.45) is 0. The van der Waals surface area contributed by atoms with E-state index in [9.17, 15) is 4.79 Å². The van der Waals surface area contributed by atoms with E-state index in [2.05, 4.69) is 16.6 Å². The summed E-state index contributed by atoms with van der Waals surface area (Å²) in [7, 11) is 0. The summed E-state index contributed by atoms with van der Waals surface area (Å²) in [5.74, 6) is 0.363. The van der Waals surface area contributed by atoms with E-state index >= 15 is 0 Å². The highest BCUT2D eigenvalue weighted by Gasteiger charge is 2.05. The van der Waals surface area contributed by atoms with Crippen LogP contribution in [0, 0.1) is 25.2 Å². The molecule has 0 heterocycles. The number of nitrogens with zero attached hydrogens (tertiary/aromatic N) is 2. The standard InChI is InChI=1S/C19H19N3O2/c1-13-4-5-14(2)18(10-13)24-12-19(23)22-21-15(3)17-8-6-16(11-20)7-9-17/h4-10H,12H2,1-3H3,(H,22,23). The fourth-order valence-corrected chi connectivity index (χ4v) is 2.04. The Bertz CT molecular complexity index is 802. The van der Waals surface area contributed by atoms with Crippen LogP contribution in [0.2, 0.25) is 0 Å². The molecular weight excluding hydrogens is 302 g/mol. The van der Waals surface area contributed by atoms with Crippen molar-refractivity contribution in [2.45, 2.75) is 20.8 Å². The van der Waals surface area contributed by atoms with Gasteiger partial charge in [0.25, 0.3) is 5.91 Å². The molecule has 24 heavy (non-hydrogen) atoms. The molecule has 0 bridgehead atoms. The van der Waals surface area contributed by atoms with Crippen LogP contribution in [-0.4, -0.2) is 18.2 Å². The van der Waals surface area contributed by atoms with Gasteiger partial charge < -0.3 is 4.74 Å². The van der Waals surface area contributed by atoms with Gasteiger partial charge in [-0.05, 0) is 55.7 Å². The topological polar surface area (TPSA) is 74.5 Å². The molecule has 2 rings (SSSR count). The lowest BCUT2D eigenvalue weighted by atomic mass is 10.1. The third-order valence-corrected chi connectivity index (χ3v) is 3.48. The number of hydrazone groups is 1. The molecule has 5 heteroatoms. The zero-order chi connectivity index (χ0) is 17.5. The monoisotopic (exact) mass is 321 g/mol. The Morgan fingerprint density at radius 1 is 1.21 bits per heavy atom. The molecular formula is C19H19N3O2. The van der Waals surface area contributed by atoms with Crippen LogP contribution >= 0.6 is 0 Å². The molecule has 0 saturated heterocycles. The number of aryl methyl sites for hydroxylation is 2. The number of hydrogen-bond donors (Lipinski definition) is 1. The van der Waals surface area contributed by atoms with Crippen LogP contribution in [0.4, 0.5) is 0 Å². The van der Waals surface area contributed by atoms with E-state index in [0.29, 0.717) is 17.0 Å². The number of hydrogen-bond acceptors (Lipinski definition) is 4. The molecule has 1 N–H and O–H groups in total. The lowest BCUT2D eigenvalue weighted by Gasteiger charge is -2.09. The van der Waals surface area contributed by atoms with Crippen molar-refractivity contribution in [1.82, 2.24) is 5.43 Å². The maximum absolute atomic E-state index is 11.9. The molecule has 2 aromatic carbocycles. The maximum atomic E-state index is 11.9. The van der Waals surface area contributed by atoms with E-state index in [1.807, 2.05) is 32.0 Å². The fourth-order valence-electron chi connectivity index (χ4n) is 2.04. The molecule has 0 fully saturated rings. The van der Waals surface area contributed by atoms with Crippen molar-refractivity contribution in [3.63, 3.8) is 0 Å². The van der Waals surface area contributed by atoms with Gasteiger partial charge in [0.15, 0.2) is 6.61 Å². The minimum Gasteiger partial charge on any atom is -0.483 e. The molecule has 0 saturated carbocycles. The summed E-state index contributed by atoms with van der Waals surface area (Å²) in [5, 5.41) is 12.8. The van der Waals surface area contributed by atoms with Gasteiger partial charge in [-0.1, -0.05) is 24.3 Å². The highest BCUT2D eigenvalue weighted by Crippen LogP contribution is 2.18. The molecule has 2 aromatic rings. The summed E-state index contributed by atoms with van der Waals surface area (Å²) in [4.78, 5) is 11.9. The first kappa shape index (κ1) is 17.2. The Morgan fingerprint density at radius 2 is 1.92 bits per heavy atom. The first-order valence-electron chi connectivity index (χ1n) is 7.53. The van der Waals surface area contributed by atoms with Crippen molar-refractivity contribution in [2.75, 3.05) is 6.61 Å². The summed E-state index contributed by atoms with van der Waals surface area (Å²) < 4.78 is 5.53. The van der Waals surface area contributed by atoms with Crippen molar-refractivity contribution in [2.24, 2.45) is 5.10 Å². The summed E-state index contributed by atoms with van der Waals surface area (Å²) in [5.41, 5.74) is 6.60. The predicted octanol–water partition coefficient (Wildman–Crippen LogP) is 3.09. The zero-order valence-electron chi connectivity index (χ0n) is 14.0. The van der Waals surface area contributed by atoms with Gasteiger partial charge in [0, 0.05) is 0 Å². The van der Waals surface area contributed by atoms with Gasteiger partial charge in [-0.3, -0.25) is 4.79 Å². The van der Waals surface area contributed by atoms with Crippen molar-refractivity contribution in [3.8, 4) is 11.8 Å². The van der Waals surface area contributed by atoms with Crippen LogP contribution in [0.3, 0.4) is 0 Å². The minimum absolute atomic E-state index is 0.103. The summed E-state index contributed by atoms with van der Waals surface area (Å²) in [6, 6.07) is 14.9. The van der Waals surface area contributed by atoms with Gasteiger partial charge >= 0.3 is 0 Å². The van der Waals surface area contributed by atoms with Crippen LogP contribution in [0.5, 0.6) is 5.75 Å². The van der Waals surface area contributed by atoms with Gasteiger partial charge in [0.2, 0.25) is 0 Å². The molecule has 0 spiro atoms. The van der Waals surface area contributed by atoms with Crippen LogP contribution in [0.25, 0.3) is 0 Å². The van der Waals surface area contributed by atoms with Gasteiger partial charge in [0.05, 0.1) is 17.3 Å². The van der Waals surface area contributed by atoms with Crippen LogP contribution in [0.1, 0.15) is 29.2 Å². The Kier molecular flexibility index (Phi) is 5.69. The molecule has 0 aromatic heterocycles. The number of carbonyl (C=O) groups excluding carboxylic acids is 1. The largest absolute Gasteiger partial charge is 0.483 e. The second-order valence-corrected chi connectivity index (χ2v) is 5.48. The van der Waals surface area contributed by atoms with Gasteiger partial charge in [-0.2, -0.15) is 10.4 Å². The Hall–Kier alpha value is -3.13. The number of nitriles is 1. The molecule has 0 aliphatic carbocycles. The smallest absolute Gasteiger partial charge is 0.277 e. The molecule has 0 aliphatic rings. The van der Waals surface area contributed by atoms with Crippen molar-refractivity contribution < 1.29 is 9.53 Å². The molecule has 1 amide bonds. The molecule has 122 valence electrons. The quantitative estimate of drug-likeness (QED) is 0.679. The second kappa shape index (κ2) is 7.93. The molecule has 0 unspecified atom stereocenters. The normalized spacial score (nSPS) is 10.8. The third-order valence-electron chi connectivity index (χ3n) is 3.48. The van der Waals surface area contributed by atoms with Gasteiger partial charge in [-0.25, -0.2) is 5.43 Å². The number of amides is 1. The zero-order valence-corrected chi connectivity index (χ0v) is 14.0. The average molecular weight is 321 g/mol. The number of benzene rings is 2. The Morgan fingerprint density at radius 3 is 2.58 bits per heavy atom. The lowest BCUT2D eigenvalue weighted by Crippen LogP contribution is -2.25. The van der Waals surface area contributed by atoms with Crippen LogP contribution in [0.15, 0.2) is 47.6 Å². The Balaban J connectivity index is 1.92. The molecule has 0 atom stereocenters. The fraction of sp³-hybridized carbons (Fsp3) is 0.211. The molecule has 0 radical (unpaired) electrons. The van der Waals surface area contributed by atoms with E-state index < -0.39 is 0 Å². The first-order chi connectivity index (χ1) is 11.5. The number of ether oxygens (including phenoxy) is 1. The first-order valence-corrected chi connectivity index (χ1v) is 7.53. The van der Waals surface area contributed by atoms with Crippen LogP contribution < -0.4 is 10.2 Å². The SMILES string of the molecule is CC(=NNC(=O)COc1cc(C)ccc1C)c1ccc(C#N)cc1. The van der Waals surface area contributed by atoms with Gasteiger partial charge in [0.1, 0.15) is 5.75 Å². The third kappa shape index (κ3) is 4.68. The van der Waals surface area contributed by atoms with Crippen molar-refractivity contribution in [1.29, 1.82) is 5.26 Å². The summed E-state index contributed by atoms with van der Waals surface area (Å²) in [6.45, 7) is 5.58. The average Bonchev–Trinajstić information content (AvgIpc) is 2.60. The molecule has 0 aliphatic heterocycles. The predicted molar refractivity (Wildman–Crippen MR) is 92.9 cm³/mol. The Labute approximate surface area is 141 Å². The van der Waals surface area contributed by atoms with Crippen molar-refractivity contribution in [3.05, 3.63) is 64.7 Å². The lowest BCUT2D eigenvalue weighted by molar-refractivity contribution is -0.123. The highest BCUT2D eigenvalue weighted by molar-refractivity contribution is 5.99. The number of carbonyl (C=O) groups is 1. The van der Waals surface area contributed by atoms with Crippen molar-refractivity contribution >= 4 is 11.6 Å².